The van der Waals surface area contributed by atoms with E-state index in [-0.39, 0.29) is 0 Å². The van der Waals surface area contributed by atoms with Gasteiger partial charge in [0.25, 0.3) is 0 Å². The maximum atomic E-state index is 5.35. The number of hydrogen-bond acceptors (Lipinski definition) is 3. The zero-order chi connectivity index (χ0) is 11.8. The molecule has 0 radical (unpaired) electrons. The molecule has 0 heterocycles. The summed E-state index contributed by atoms with van der Waals surface area (Å²) in [7, 11) is 1.72. The molecule has 1 N–H and O–H groups in total. The van der Waals surface area contributed by atoms with Crippen LogP contribution >= 0.6 is 11.8 Å². The van der Waals surface area contributed by atoms with Crippen LogP contribution in [0.15, 0.2) is 24.3 Å². The van der Waals surface area contributed by atoms with Gasteiger partial charge in [-0.15, -0.1) is 0 Å². The van der Waals surface area contributed by atoms with Crippen molar-refractivity contribution in [2.24, 2.45) is 0 Å². The van der Waals surface area contributed by atoms with Crippen molar-refractivity contribution in [1.82, 2.24) is 5.32 Å². The van der Waals surface area contributed by atoms with Crippen LogP contribution in [0, 0.1) is 0 Å². The molecule has 1 atom stereocenters. The van der Waals surface area contributed by atoms with E-state index in [0.717, 1.165) is 12.3 Å². The predicted octanol–water partition coefficient (Wildman–Crippen LogP) is 3.10. The fourth-order valence-electron chi connectivity index (χ4n) is 1.67. The number of ether oxygens (including phenoxy) is 1. The molecule has 1 rings (SSSR count). The quantitative estimate of drug-likeness (QED) is 0.739. The van der Waals surface area contributed by atoms with Crippen molar-refractivity contribution in [3.63, 3.8) is 0 Å². The van der Waals surface area contributed by atoms with E-state index >= 15 is 0 Å². The third kappa shape index (κ3) is 4.06. The van der Waals surface area contributed by atoms with Crippen LogP contribution in [0.2, 0.25) is 0 Å². The van der Waals surface area contributed by atoms with Gasteiger partial charge in [0.05, 0.1) is 7.11 Å². The SMILES string of the molecule is COc1ccccc1C(C)NCCCSC. The second-order valence-corrected chi connectivity index (χ2v) is 4.75. The summed E-state index contributed by atoms with van der Waals surface area (Å²) in [4.78, 5) is 0. The highest BCUT2D eigenvalue weighted by atomic mass is 32.2. The van der Waals surface area contributed by atoms with Crippen LogP contribution in [0.3, 0.4) is 0 Å². The number of rotatable bonds is 7. The molecule has 0 amide bonds. The van der Waals surface area contributed by atoms with Crippen LogP contribution in [0.25, 0.3) is 0 Å². The Morgan fingerprint density at radius 3 is 2.81 bits per heavy atom. The molecule has 0 bridgehead atoms. The molecule has 1 unspecified atom stereocenters. The lowest BCUT2D eigenvalue weighted by Gasteiger charge is -2.17. The lowest BCUT2D eigenvalue weighted by atomic mass is 10.1. The summed E-state index contributed by atoms with van der Waals surface area (Å²) in [5.41, 5.74) is 1.23. The van der Waals surface area contributed by atoms with E-state index in [4.69, 9.17) is 4.74 Å². The van der Waals surface area contributed by atoms with Gasteiger partial charge in [-0.1, -0.05) is 18.2 Å². The van der Waals surface area contributed by atoms with E-state index in [9.17, 15) is 0 Å². The molecule has 0 saturated heterocycles. The molecule has 0 aliphatic carbocycles. The second-order valence-electron chi connectivity index (χ2n) is 3.76. The Kier molecular flexibility index (Phi) is 6.34. The van der Waals surface area contributed by atoms with E-state index in [1.807, 2.05) is 23.9 Å². The first-order valence-corrected chi connectivity index (χ1v) is 7.04. The molecule has 0 aliphatic rings. The third-order valence-electron chi connectivity index (χ3n) is 2.58. The number of methoxy groups -OCH3 is 1. The Labute approximate surface area is 103 Å². The van der Waals surface area contributed by atoms with Gasteiger partial charge < -0.3 is 10.1 Å². The molecule has 90 valence electrons. The Hall–Kier alpha value is -0.670. The maximum absolute atomic E-state index is 5.35. The Bertz CT molecular complexity index is 304. The van der Waals surface area contributed by atoms with Gasteiger partial charge in [-0.3, -0.25) is 0 Å². The molecule has 0 fully saturated rings. The lowest BCUT2D eigenvalue weighted by molar-refractivity contribution is 0.402. The smallest absolute Gasteiger partial charge is 0.123 e. The Balaban J connectivity index is 2.48. The normalized spacial score (nSPS) is 12.4. The largest absolute Gasteiger partial charge is 0.496 e. The summed E-state index contributed by atoms with van der Waals surface area (Å²) < 4.78 is 5.35. The van der Waals surface area contributed by atoms with Crippen molar-refractivity contribution in [3.8, 4) is 5.75 Å². The Morgan fingerprint density at radius 1 is 1.38 bits per heavy atom. The van der Waals surface area contributed by atoms with Crippen LogP contribution in [0.1, 0.15) is 24.9 Å². The predicted molar refractivity (Wildman–Crippen MR) is 72.4 cm³/mol. The van der Waals surface area contributed by atoms with E-state index < -0.39 is 0 Å². The molecular weight excluding hydrogens is 218 g/mol. The standard InChI is InChI=1S/C13H21NOS/c1-11(14-9-6-10-16-3)12-7-4-5-8-13(12)15-2/h4-5,7-8,11,14H,6,9-10H2,1-3H3. The van der Waals surface area contributed by atoms with Crippen LogP contribution in [0.4, 0.5) is 0 Å². The van der Waals surface area contributed by atoms with Crippen molar-refractivity contribution in [3.05, 3.63) is 29.8 Å². The average Bonchev–Trinajstić information content (AvgIpc) is 2.34. The lowest BCUT2D eigenvalue weighted by Crippen LogP contribution is -2.20. The maximum Gasteiger partial charge on any atom is 0.123 e. The molecule has 0 aliphatic heterocycles. The van der Waals surface area contributed by atoms with Crippen molar-refractivity contribution in [2.75, 3.05) is 25.7 Å². The minimum absolute atomic E-state index is 0.345. The highest BCUT2D eigenvalue weighted by Gasteiger charge is 2.09. The molecule has 1 aromatic rings. The number of hydrogen-bond donors (Lipinski definition) is 1. The zero-order valence-corrected chi connectivity index (χ0v) is 11.1. The molecule has 0 saturated carbocycles. The van der Waals surface area contributed by atoms with Gasteiger partial charge in [-0.25, -0.2) is 0 Å². The van der Waals surface area contributed by atoms with E-state index in [2.05, 4.69) is 30.6 Å². The van der Waals surface area contributed by atoms with Gasteiger partial charge in [-0.05, 0) is 38.0 Å². The van der Waals surface area contributed by atoms with Crippen molar-refractivity contribution in [1.29, 1.82) is 0 Å². The van der Waals surface area contributed by atoms with Gasteiger partial charge in [0.1, 0.15) is 5.75 Å². The molecule has 1 aromatic carbocycles. The van der Waals surface area contributed by atoms with E-state index in [1.165, 1.54) is 17.7 Å². The summed E-state index contributed by atoms with van der Waals surface area (Å²) in [5, 5.41) is 3.52. The first-order valence-electron chi connectivity index (χ1n) is 5.64. The van der Waals surface area contributed by atoms with E-state index in [1.54, 1.807) is 7.11 Å². The summed E-state index contributed by atoms with van der Waals surface area (Å²) in [5.74, 6) is 2.18. The number of nitrogens with one attached hydrogen (secondary N) is 1. The van der Waals surface area contributed by atoms with Crippen LogP contribution < -0.4 is 10.1 Å². The van der Waals surface area contributed by atoms with E-state index in [0.29, 0.717) is 6.04 Å². The monoisotopic (exact) mass is 239 g/mol. The summed E-state index contributed by atoms with van der Waals surface area (Å²) in [6.45, 7) is 3.23. The topological polar surface area (TPSA) is 21.3 Å². The van der Waals surface area contributed by atoms with Crippen LogP contribution in [-0.4, -0.2) is 25.7 Å². The zero-order valence-electron chi connectivity index (χ0n) is 10.3. The number of benzene rings is 1. The molecule has 2 nitrogen and oxygen atoms in total. The fourth-order valence-corrected chi connectivity index (χ4v) is 2.10. The van der Waals surface area contributed by atoms with Crippen LogP contribution in [0.5, 0.6) is 5.75 Å². The minimum atomic E-state index is 0.345. The molecule has 3 heteroatoms. The van der Waals surface area contributed by atoms with Gasteiger partial charge >= 0.3 is 0 Å². The van der Waals surface area contributed by atoms with Gasteiger partial charge in [0.2, 0.25) is 0 Å². The van der Waals surface area contributed by atoms with Crippen molar-refractivity contribution >= 4 is 11.8 Å². The summed E-state index contributed by atoms with van der Waals surface area (Å²) >= 11 is 1.89. The second kappa shape index (κ2) is 7.58. The highest BCUT2D eigenvalue weighted by Crippen LogP contribution is 2.24. The van der Waals surface area contributed by atoms with Gasteiger partial charge in [0.15, 0.2) is 0 Å². The number of para-hydroxylation sites is 1. The molecule has 0 spiro atoms. The van der Waals surface area contributed by atoms with Crippen LogP contribution in [-0.2, 0) is 0 Å². The van der Waals surface area contributed by atoms with Gasteiger partial charge in [0, 0.05) is 11.6 Å². The Morgan fingerprint density at radius 2 is 2.12 bits per heavy atom. The van der Waals surface area contributed by atoms with Gasteiger partial charge in [-0.2, -0.15) is 11.8 Å². The number of thioether (sulfide) groups is 1. The first kappa shape index (κ1) is 13.4. The molecule has 0 aromatic heterocycles. The first-order chi connectivity index (χ1) is 7.79. The molecular formula is C13H21NOS. The molecule has 16 heavy (non-hydrogen) atoms. The summed E-state index contributed by atoms with van der Waals surface area (Å²) in [6, 6.07) is 8.53. The average molecular weight is 239 g/mol. The minimum Gasteiger partial charge on any atom is -0.496 e. The van der Waals surface area contributed by atoms with Crippen molar-refractivity contribution < 1.29 is 4.74 Å². The third-order valence-corrected chi connectivity index (χ3v) is 3.28. The highest BCUT2D eigenvalue weighted by molar-refractivity contribution is 7.98. The summed E-state index contributed by atoms with van der Waals surface area (Å²) in [6.07, 6.45) is 3.35. The van der Waals surface area contributed by atoms with Crippen molar-refractivity contribution in [2.45, 2.75) is 19.4 Å². The fraction of sp³-hybridized carbons (Fsp3) is 0.538.